The number of aliphatic hydroxyl groups excluding tert-OH is 1. The van der Waals surface area contributed by atoms with Gasteiger partial charge in [0.15, 0.2) is 0 Å². The van der Waals surface area contributed by atoms with Gasteiger partial charge in [0.1, 0.15) is 0 Å². The van der Waals surface area contributed by atoms with Gasteiger partial charge in [-0.05, 0) is 31.9 Å². The number of likely N-dealkylation sites (tertiary alicyclic amines) is 1. The van der Waals surface area contributed by atoms with E-state index in [0.29, 0.717) is 0 Å². The third-order valence-electron chi connectivity index (χ3n) is 2.89. The Bertz CT molecular complexity index is 311. The molecular formula is C11H19N3O. The van der Waals surface area contributed by atoms with Crippen LogP contribution in [0.4, 0.5) is 0 Å². The zero-order chi connectivity index (χ0) is 10.7. The topological polar surface area (TPSA) is 41.3 Å². The van der Waals surface area contributed by atoms with Gasteiger partial charge in [-0.15, -0.1) is 0 Å². The highest BCUT2D eigenvalue weighted by Gasteiger charge is 2.16. The zero-order valence-corrected chi connectivity index (χ0v) is 9.26. The van der Waals surface area contributed by atoms with Crippen molar-refractivity contribution in [2.75, 3.05) is 19.6 Å². The maximum absolute atomic E-state index is 9.52. The average molecular weight is 209 g/mol. The summed E-state index contributed by atoms with van der Waals surface area (Å²) in [4.78, 5) is 2.31. The summed E-state index contributed by atoms with van der Waals surface area (Å²) in [6, 6.07) is 0. The molecule has 1 fully saturated rings. The molecule has 1 unspecified atom stereocenters. The number of hydrogen-bond acceptors (Lipinski definition) is 3. The molecule has 4 nitrogen and oxygen atoms in total. The zero-order valence-electron chi connectivity index (χ0n) is 9.26. The fourth-order valence-corrected chi connectivity index (χ4v) is 2.07. The fraction of sp³-hybridized carbons (Fsp3) is 0.727. The van der Waals surface area contributed by atoms with Crippen molar-refractivity contribution >= 4 is 0 Å². The van der Waals surface area contributed by atoms with Gasteiger partial charge < -0.3 is 5.11 Å². The molecule has 0 spiro atoms. The lowest BCUT2D eigenvalue weighted by Crippen LogP contribution is -2.39. The third kappa shape index (κ3) is 3.04. The van der Waals surface area contributed by atoms with Crippen LogP contribution in [0, 0.1) is 6.92 Å². The number of aryl methyl sites for hydroxylation is 1. The largest absolute Gasteiger partial charge is 0.392 e. The second kappa shape index (κ2) is 4.77. The molecule has 4 heteroatoms. The first-order valence-electron chi connectivity index (χ1n) is 5.63. The van der Waals surface area contributed by atoms with E-state index in [9.17, 15) is 5.11 Å². The molecule has 0 aliphatic carbocycles. The first kappa shape index (κ1) is 10.6. The van der Waals surface area contributed by atoms with E-state index in [-0.39, 0.29) is 6.10 Å². The van der Waals surface area contributed by atoms with Gasteiger partial charge in [-0.3, -0.25) is 9.58 Å². The summed E-state index contributed by atoms with van der Waals surface area (Å²) in [5.74, 6) is 0. The quantitative estimate of drug-likeness (QED) is 0.794. The highest BCUT2D eigenvalue weighted by molar-refractivity contribution is 4.99. The van der Waals surface area contributed by atoms with Crippen LogP contribution in [0.3, 0.4) is 0 Å². The molecule has 1 aliphatic heterocycles. The summed E-state index contributed by atoms with van der Waals surface area (Å²) >= 11 is 0. The Balaban J connectivity index is 1.77. The Kier molecular flexibility index (Phi) is 3.38. The first-order valence-corrected chi connectivity index (χ1v) is 5.63. The molecule has 1 aromatic heterocycles. The number of hydrogen-bond donors (Lipinski definition) is 1. The highest BCUT2D eigenvalue weighted by Crippen LogP contribution is 2.09. The van der Waals surface area contributed by atoms with Gasteiger partial charge in [0, 0.05) is 19.3 Å². The van der Waals surface area contributed by atoms with E-state index in [1.165, 1.54) is 5.56 Å². The maximum Gasteiger partial charge on any atom is 0.0667 e. The van der Waals surface area contributed by atoms with Crippen molar-refractivity contribution in [3.8, 4) is 0 Å². The van der Waals surface area contributed by atoms with Crippen molar-refractivity contribution in [1.82, 2.24) is 14.7 Å². The van der Waals surface area contributed by atoms with Crippen LogP contribution in [-0.4, -0.2) is 45.5 Å². The van der Waals surface area contributed by atoms with Gasteiger partial charge >= 0.3 is 0 Å². The van der Waals surface area contributed by atoms with E-state index in [4.69, 9.17) is 0 Å². The van der Waals surface area contributed by atoms with Crippen LogP contribution in [0.15, 0.2) is 12.4 Å². The number of aromatic nitrogens is 2. The van der Waals surface area contributed by atoms with Crippen molar-refractivity contribution in [3.05, 3.63) is 18.0 Å². The molecule has 1 N–H and O–H groups in total. The number of piperidine rings is 1. The first-order chi connectivity index (χ1) is 7.24. The molecule has 1 saturated heterocycles. The third-order valence-corrected chi connectivity index (χ3v) is 2.89. The number of aliphatic hydroxyl groups is 1. The van der Waals surface area contributed by atoms with Gasteiger partial charge in [0.2, 0.25) is 0 Å². The van der Waals surface area contributed by atoms with Gasteiger partial charge in [-0.25, -0.2) is 0 Å². The van der Waals surface area contributed by atoms with Gasteiger partial charge in [0.05, 0.1) is 18.8 Å². The van der Waals surface area contributed by atoms with Gasteiger partial charge in [-0.1, -0.05) is 0 Å². The second-order valence-corrected chi connectivity index (χ2v) is 4.38. The van der Waals surface area contributed by atoms with Crippen LogP contribution in [0.5, 0.6) is 0 Å². The van der Waals surface area contributed by atoms with Crippen LogP contribution in [0.1, 0.15) is 18.4 Å². The highest BCUT2D eigenvalue weighted by atomic mass is 16.3. The summed E-state index contributed by atoms with van der Waals surface area (Å²) in [5, 5.41) is 13.8. The maximum atomic E-state index is 9.52. The van der Waals surface area contributed by atoms with E-state index in [1.54, 1.807) is 0 Å². The Hall–Kier alpha value is -0.870. The van der Waals surface area contributed by atoms with Crippen molar-refractivity contribution in [3.63, 3.8) is 0 Å². The van der Waals surface area contributed by atoms with Crippen LogP contribution in [0.25, 0.3) is 0 Å². The summed E-state index contributed by atoms with van der Waals surface area (Å²) in [5.41, 5.74) is 1.20. The molecule has 15 heavy (non-hydrogen) atoms. The molecule has 1 atom stereocenters. The SMILES string of the molecule is Cc1cnn(CCN2CCCC(O)C2)c1. The van der Waals surface area contributed by atoms with Crippen LogP contribution in [-0.2, 0) is 6.54 Å². The monoisotopic (exact) mass is 209 g/mol. The van der Waals surface area contributed by atoms with Crippen molar-refractivity contribution in [1.29, 1.82) is 0 Å². The van der Waals surface area contributed by atoms with Crippen LogP contribution in [0.2, 0.25) is 0 Å². The summed E-state index contributed by atoms with van der Waals surface area (Å²) in [6.45, 7) is 5.88. The molecule has 2 rings (SSSR count). The van der Waals surface area contributed by atoms with Crippen molar-refractivity contribution < 1.29 is 5.11 Å². The molecule has 1 aliphatic rings. The molecular weight excluding hydrogens is 190 g/mol. The lowest BCUT2D eigenvalue weighted by Gasteiger charge is -2.29. The van der Waals surface area contributed by atoms with Crippen LogP contribution >= 0.6 is 0 Å². The smallest absolute Gasteiger partial charge is 0.0667 e. The summed E-state index contributed by atoms with van der Waals surface area (Å²) in [7, 11) is 0. The van der Waals surface area contributed by atoms with E-state index < -0.39 is 0 Å². The minimum Gasteiger partial charge on any atom is -0.392 e. The summed E-state index contributed by atoms with van der Waals surface area (Å²) < 4.78 is 1.97. The Labute approximate surface area is 90.5 Å². The van der Waals surface area contributed by atoms with E-state index in [0.717, 1.165) is 39.0 Å². The van der Waals surface area contributed by atoms with E-state index >= 15 is 0 Å². The minimum absolute atomic E-state index is 0.127. The predicted octanol–water partition coefficient (Wildman–Crippen LogP) is 0.648. The molecule has 0 radical (unpaired) electrons. The number of β-amino-alcohol motifs (C(OH)–C–C–N with tert-alkyl or cyclic N) is 1. The second-order valence-electron chi connectivity index (χ2n) is 4.38. The Morgan fingerprint density at radius 1 is 1.53 bits per heavy atom. The van der Waals surface area contributed by atoms with Gasteiger partial charge in [-0.2, -0.15) is 5.10 Å². The lowest BCUT2D eigenvalue weighted by atomic mass is 10.1. The van der Waals surface area contributed by atoms with Gasteiger partial charge in [0.25, 0.3) is 0 Å². The van der Waals surface area contributed by atoms with Crippen molar-refractivity contribution in [2.24, 2.45) is 0 Å². The normalized spacial score (nSPS) is 23.2. The number of nitrogens with zero attached hydrogens (tertiary/aromatic N) is 3. The predicted molar refractivity (Wildman–Crippen MR) is 58.6 cm³/mol. The standard InChI is InChI=1S/C11H19N3O/c1-10-7-12-14(8-10)6-5-13-4-2-3-11(15)9-13/h7-8,11,15H,2-6,9H2,1H3. The summed E-state index contributed by atoms with van der Waals surface area (Å²) in [6.07, 6.45) is 5.88. The molecule has 2 heterocycles. The Morgan fingerprint density at radius 3 is 3.07 bits per heavy atom. The molecule has 0 bridgehead atoms. The molecule has 84 valence electrons. The lowest BCUT2D eigenvalue weighted by molar-refractivity contribution is 0.0684. The minimum atomic E-state index is -0.127. The molecule has 0 saturated carbocycles. The van der Waals surface area contributed by atoms with Crippen molar-refractivity contribution in [2.45, 2.75) is 32.4 Å². The van der Waals surface area contributed by atoms with Crippen LogP contribution < -0.4 is 0 Å². The average Bonchev–Trinajstić information content (AvgIpc) is 2.62. The molecule has 0 amide bonds. The number of rotatable bonds is 3. The molecule has 0 aromatic carbocycles. The van der Waals surface area contributed by atoms with E-state index in [1.807, 2.05) is 17.8 Å². The Morgan fingerprint density at radius 2 is 2.40 bits per heavy atom. The fourth-order valence-electron chi connectivity index (χ4n) is 2.07. The van der Waals surface area contributed by atoms with E-state index in [2.05, 4.69) is 16.2 Å². The molecule has 1 aromatic rings.